The standard InChI is InChI=1S/C11H22N2O2/c1-9(2)12-11(14)13-15-8-10-6-4-3-5-7-10/h9-10H,3-8H2,1-2H3,(H2,12,13,14). The second kappa shape index (κ2) is 6.67. The maximum atomic E-state index is 11.1. The zero-order chi connectivity index (χ0) is 11.1. The molecule has 0 aromatic carbocycles. The number of hydrogen-bond acceptors (Lipinski definition) is 2. The first-order chi connectivity index (χ1) is 7.18. The Balaban J connectivity index is 2.02. The lowest BCUT2D eigenvalue weighted by Crippen LogP contribution is -2.40. The topological polar surface area (TPSA) is 50.4 Å². The van der Waals surface area contributed by atoms with Gasteiger partial charge in [0.2, 0.25) is 0 Å². The molecule has 0 saturated heterocycles. The fraction of sp³-hybridized carbons (Fsp3) is 0.909. The molecule has 4 heteroatoms. The van der Waals surface area contributed by atoms with Gasteiger partial charge in [-0.1, -0.05) is 19.3 Å². The molecule has 0 radical (unpaired) electrons. The van der Waals surface area contributed by atoms with Gasteiger partial charge < -0.3 is 5.32 Å². The summed E-state index contributed by atoms with van der Waals surface area (Å²) in [6, 6.07) is -0.107. The lowest BCUT2D eigenvalue weighted by Gasteiger charge is -2.21. The second-order valence-corrected chi connectivity index (χ2v) is 4.55. The normalized spacial score (nSPS) is 17.8. The molecule has 0 aliphatic heterocycles. The van der Waals surface area contributed by atoms with Gasteiger partial charge in [0.1, 0.15) is 0 Å². The molecule has 2 N–H and O–H groups in total. The zero-order valence-electron chi connectivity index (χ0n) is 9.71. The maximum Gasteiger partial charge on any atom is 0.338 e. The SMILES string of the molecule is CC(C)NC(=O)NOCC1CCCCC1. The van der Waals surface area contributed by atoms with Crippen molar-refractivity contribution in [3.8, 4) is 0 Å². The van der Waals surface area contributed by atoms with E-state index in [1.165, 1.54) is 32.1 Å². The van der Waals surface area contributed by atoms with Crippen LogP contribution in [0.1, 0.15) is 46.0 Å². The molecule has 0 heterocycles. The van der Waals surface area contributed by atoms with Crippen molar-refractivity contribution in [2.24, 2.45) is 5.92 Å². The molecular formula is C11H22N2O2. The molecule has 88 valence electrons. The van der Waals surface area contributed by atoms with Crippen LogP contribution in [0.3, 0.4) is 0 Å². The Morgan fingerprint density at radius 1 is 1.33 bits per heavy atom. The van der Waals surface area contributed by atoms with E-state index in [1.54, 1.807) is 0 Å². The summed E-state index contributed by atoms with van der Waals surface area (Å²) in [7, 11) is 0. The van der Waals surface area contributed by atoms with Crippen molar-refractivity contribution in [3.05, 3.63) is 0 Å². The number of nitrogens with one attached hydrogen (secondary N) is 2. The van der Waals surface area contributed by atoms with Crippen LogP contribution in [0.2, 0.25) is 0 Å². The predicted octanol–water partition coefficient (Wildman–Crippen LogP) is 2.21. The van der Waals surface area contributed by atoms with Crippen LogP contribution < -0.4 is 10.8 Å². The molecule has 0 aromatic rings. The smallest absolute Gasteiger partial charge is 0.334 e. The number of carbonyl (C=O) groups excluding carboxylic acids is 1. The molecule has 1 saturated carbocycles. The third kappa shape index (κ3) is 5.62. The third-order valence-corrected chi connectivity index (χ3v) is 2.63. The molecule has 0 spiro atoms. The second-order valence-electron chi connectivity index (χ2n) is 4.55. The van der Waals surface area contributed by atoms with Crippen LogP contribution in [0.15, 0.2) is 0 Å². The van der Waals surface area contributed by atoms with Crippen LogP contribution in [-0.2, 0) is 4.84 Å². The Morgan fingerprint density at radius 3 is 2.60 bits per heavy atom. The highest BCUT2D eigenvalue weighted by Gasteiger charge is 2.13. The highest BCUT2D eigenvalue weighted by molar-refractivity contribution is 5.72. The summed E-state index contributed by atoms with van der Waals surface area (Å²) in [5.41, 5.74) is 2.41. The first-order valence-electron chi connectivity index (χ1n) is 5.87. The Bertz CT molecular complexity index is 189. The van der Waals surface area contributed by atoms with E-state index < -0.39 is 0 Å². The first kappa shape index (κ1) is 12.3. The number of hydrogen-bond donors (Lipinski definition) is 2. The van der Waals surface area contributed by atoms with Crippen molar-refractivity contribution in [1.82, 2.24) is 10.8 Å². The molecular weight excluding hydrogens is 192 g/mol. The van der Waals surface area contributed by atoms with Crippen molar-refractivity contribution in [3.63, 3.8) is 0 Å². The van der Waals surface area contributed by atoms with E-state index >= 15 is 0 Å². The Hall–Kier alpha value is -0.770. The van der Waals surface area contributed by atoms with E-state index in [0.717, 1.165) is 0 Å². The van der Waals surface area contributed by atoms with Gasteiger partial charge in [0.15, 0.2) is 0 Å². The first-order valence-corrected chi connectivity index (χ1v) is 5.87. The van der Waals surface area contributed by atoms with Gasteiger partial charge in [0.05, 0.1) is 6.61 Å². The van der Waals surface area contributed by atoms with Crippen LogP contribution in [-0.4, -0.2) is 18.7 Å². The minimum atomic E-state index is -0.249. The fourth-order valence-electron chi connectivity index (χ4n) is 1.87. The Labute approximate surface area is 91.7 Å². The number of hydroxylamine groups is 1. The largest absolute Gasteiger partial charge is 0.338 e. The van der Waals surface area contributed by atoms with E-state index in [0.29, 0.717) is 12.5 Å². The van der Waals surface area contributed by atoms with Gasteiger partial charge >= 0.3 is 6.03 Å². The molecule has 0 unspecified atom stereocenters. The van der Waals surface area contributed by atoms with Crippen LogP contribution in [0.4, 0.5) is 4.79 Å². The lowest BCUT2D eigenvalue weighted by atomic mass is 9.90. The molecule has 1 rings (SSSR count). The van der Waals surface area contributed by atoms with Crippen molar-refractivity contribution in [2.75, 3.05) is 6.61 Å². The van der Waals surface area contributed by atoms with Gasteiger partial charge in [-0.05, 0) is 32.6 Å². The van der Waals surface area contributed by atoms with Crippen molar-refractivity contribution >= 4 is 6.03 Å². The summed E-state index contributed by atoms with van der Waals surface area (Å²) >= 11 is 0. The summed E-state index contributed by atoms with van der Waals surface area (Å²) in [5.74, 6) is 0.623. The quantitative estimate of drug-likeness (QED) is 0.705. The van der Waals surface area contributed by atoms with E-state index in [2.05, 4.69) is 10.8 Å². The summed E-state index contributed by atoms with van der Waals surface area (Å²) < 4.78 is 0. The average molecular weight is 214 g/mol. The average Bonchev–Trinajstić information content (AvgIpc) is 2.18. The molecule has 4 nitrogen and oxygen atoms in total. The minimum absolute atomic E-state index is 0.142. The zero-order valence-corrected chi connectivity index (χ0v) is 9.71. The molecule has 1 fully saturated rings. The highest BCUT2D eigenvalue weighted by Crippen LogP contribution is 2.23. The van der Waals surface area contributed by atoms with Crippen molar-refractivity contribution < 1.29 is 9.63 Å². The van der Waals surface area contributed by atoms with E-state index in [9.17, 15) is 4.79 Å². The van der Waals surface area contributed by atoms with E-state index in [4.69, 9.17) is 4.84 Å². The maximum absolute atomic E-state index is 11.1. The summed E-state index contributed by atoms with van der Waals surface area (Å²) in [4.78, 5) is 16.3. The number of amides is 2. The molecule has 0 bridgehead atoms. The predicted molar refractivity (Wildman–Crippen MR) is 59.3 cm³/mol. The summed E-state index contributed by atoms with van der Waals surface area (Å²) in [5, 5.41) is 2.71. The Kier molecular flexibility index (Phi) is 5.47. The number of carbonyl (C=O) groups is 1. The van der Waals surface area contributed by atoms with Gasteiger partial charge in [-0.3, -0.25) is 4.84 Å². The minimum Gasteiger partial charge on any atom is -0.334 e. The summed E-state index contributed by atoms with van der Waals surface area (Å²) in [6.07, 6.45) is 6.40. The molecule has 1 aliphatic carbocycles. The van der Waals surface area contributed by atoms with Crippen molar-refractivity contribution in [2.45, 2.75) is 52.0 Å². The van der Waals surface area contributed by atoms with Gasteiger partial charge in [-0.25, -0.2) is 10.3 Å². The van der Waals surface area contributed by atoms with Crippen LogP contribution in [0, 0.1) is 5.92 Å². The Morgan fingerprint density at radius 2 is 2.00 bits per heavy atom. The van der Waals surface area contributed by atoms with Crippen LogP contribution >= 0.6 is 0 Å². The third-order valence-electron chi connectivity index (χ3n) is 2.63. The highest BCUT2D eigenvalue weighted by atomic mass is 16.7. The number of urea groups is 1. The van der Waals surface area contributed by atoms with Gasteiger partial charge in [0.25, 0.3) is 0 Å². The molecule has 15 heavy (non-hydrogen) atoms. The molecule has 2 amide bonds. The van der Waals surface area contributed by atoms with Crippen LogP contribution in [0.5, 0.6) is 0 Å². The molecule has 1 aliphatic rings. The van der Waals surface area contributed by atoms with E-state index in [1.807, 2.05) is 13.8 Å². The van der Waals surface area contributed by atoms with Gasteiger partial charge in [-0.15, -0.1) is 0 Å². The summed E-state index contributed by atoms with van der Waals surface area (Å²) in [6.45, 7) is 4.48. The van der Waals surface area contributed by atoms with Crippen LogP contribution in [0.25, 0.3) is 0 Å². The van der Waals surface area contributed by atoms with Gasteiger partial charge in [0, 0.05) is 6.04 Å². The number of rotatable bonds is 4. The molecule has 0 aromatic heterocycles. The van der Waals surface area contributed by atoms with E-state index in [-0.39, 0.29) is 12.1 Å². The fourth-order valence-corrected chi connectivity index (χ4v) is 1.87. The monoisotopic (exact) mass is 214 g/mol. The van der Waals surface area contributed by atoms with Crippen molar-refractivity contribution in [1.29, 1.82) is 0 Å². The lowest BCUT2D eigenvalue weighted by molar-refractivity contribution is 0.0280. The van der Waals surface area contributed by atoms with Gasteiger partial charge in [-0.2, -0.15) is 0 Å². The molecule has 0 atom stereocenters.